The fourth-order valence-corrected chi connectivity index (χ4v) is 5.56. The minimum absolute atomic E-state index is 0.222. The molecule has 5 aromatic rings. The van der Waals surface area contributed by atoms with Crippen LogP contribution in [0.15, 0.2) is 36.8 Å². The van der Waals surface area contributed by atoms with E-state index < -0.39 is 0 Å². The van der Waals surface area contributed by atoms with Gasteiger partial charge in [0.15, 0.2) is 5.65 Å². The lowest BCUT2D eigenvalue weighted by Gasteiger charge is -2.31. The van der Waals surface area contributed by atoms with E-state index in [0.29, 0.717) is 34.9 Å². The monoisotopic (exact) mass is 458 g/mol. The first-order valence-electron chi connectivity index (χ1n) is 11.4. The number of nitrogens with one attached hydrogen (secondary N) is 3. The molecule has 172 valence electrons. The number of rotatable bonds is 4. The molecule has 1 saturated carbocycles. The smallest absolute Gasteiger partial charge is 0.231 e. The largest absolute Gasteiger partial charge is 0.386 e. The molecule has 34 heavy (non-hydrogen) atoms. The summed E-state index contributed by atoms with van der Waals surface area (Å²) < 4.78 is 16.2. The first-order valence-corrected chi connectivity index (χ1v) is 11.4. The molecule has 2 aliphatic rings. The van der Waals surface area contributed by atoms with Gasteiger partial charge in [0.2, 0.25) is 5.95 Å². The molecule has 0 spiro atoms. The van der Waals surface area contributed by atoms with Crippen molar-refractivity contribution in [2.24, 2.45) is 11.7 Å². The Hall–Kier alpha value is -3.99. The predicted molar refractivity (Wildman–Crippen MR) is 129 cm³/mol. The van der Waals surface area contributed by atoms with E-state index in [1.807, 2.05) is 12.3 Å². The Morgan fingerprint density at radius 3 is 2.94 bits per heavy atom. The molecule has 3 atom stereocenters. The summed E-state index contributed by atoms with van der Waals surface area (Å²) >= 11 is 0. The zero-order valence-corrected chi connectivity index (χ0v) is 18.5. The molecular formula is C23H23FN10. The highest BCUT2D eigenvalue weighted by Crippen LogP contribution is 2.43. The van der Waals surface area contributed by atoms with E-state index in [1.165, 1.54) is 6.07 Å². The molecule has 0 radical (unpaired) electrons. The number of benzene rings is 1. The Kier molecular flexibility index (Phi) is 4.01. The second-order valence-electron chi connectivity index (χ2n) is 9.15. The first kappa shape index (κ1) is 19.5. The molecule has 7 rings (SSSR count). The third-order valence-electron chi connectivity index (χ3n) is 7.15. The molecule has 0 amide bonds. The molecule has 5 N–H and O–H groups in total. The van der Waals surface area contributed by atoms with E-state index in [4.69, 9.17) is 15.7 Å². The van der Waals surface area contributed by atoms with Crippen LogP contribution >= 0.6 is 0 Å². The van der Waals surface area contributed by atoms with Crippen molar-refractivity contribution in [2.75, 3.05) is 29.1 Å². The van der Waals surface area contributed by atoms with Crippen LogP contribution in [0, 0.1) is 11.7 Å². The quantitative estimate of drug-likeness (QED) is 0.324. The SMILES string of the molecule is CNc1cc(F)cc2c1[nH]c1nc(Nc3cnc4ccnn4c3)nc(N3C[C@H]4C[C@@H]3C[C@H]4N)c12. The number of piperidine rings is 1. The van der Waals surface area contributed by atoms with Crippen molar-refractivity contribution >= 4 is 50.7 Å². The Balaban J connectivity index is 1.41. The van der Waals surface area contributed by atoms with E-state index >= 15 is 0 Å². The van der Waals surface area contributed by atoms with Gasteiger partial charge in [0.1, 0.15) is 17.3 Å². The van der Waals surface area contributed by atoms with E-state index in [2.05, 4.69) is 30.6 Å². The van der Waals surface area contributed by atoms with Crippen molar-refractivity contribution < 1.29 is 4.39 Å². The van der Waals surface area contributed by atoms with Crippen molar-refractivity contribution in [3.05, 3.63) is 42.6 Å². The maximum atomic E-state index is 14.5. The van der Waals surface area contributed by atoms with Crippen LogP contribution in [0.1, 0.15) is 12.8 Å². The number of aromatic nitrogens is 6. The third kappa shape index (κ3) is 2.83. The number of fused-ring (bicyclic) bond motifs is 6. The molecule has 1 aliphatic heterocycles. The third-order valence-corrected chi connectivity index (χ3v) is 7.15. The lowest BCUT2D eigenvalue weighted by atomic mass is 10.0. The number of hydrogen-bond donors (Lipinski definition) is 4. The fraction of sp³-hybridized carbons (Fsp3) is 0.304. The number of nitrogens with zero attached hydrogens (tertiary/aromatic N) is 6. The maximum absolute atomic E-state index is 14.5. The van der Waals surface area contributed by atoms with Gasteiger partial charge in [-0.2, -0.15) is 15.1 Å². The van der Waals surface area contributed by atoms with Crippen LogP contribution in [0.25, 0.3) is 27.6 Å². The molecule has 2 bridgehead atoms. The van der Waals surface area contributed by atoms with Gasteiger partial charge in [-0.3, -0.25) is 0 Å². The molecule has 4 aromatic heterocycles. The Morgan fingerprint density at radius 2 is 2.15 bits per heavy atom. The molecule has 10 nitrogen and oxygen atoms in total. The average Bonchev–Trinajstić information content (AvgIpc) is 3.60. The molecule has 5 heterocycles. The second kappa shape index (κ2) is 7.00. The van der Waals surface area contributed by atoms with E-state index in [9.17, 15) is 4.39 Å². The van der Waals surface area contributed by atoms with Crippen molar-refractivity contribution in [3.63, 3.8) is 0 Å². The summed E-state index contributed by atoms with van der Waals surface area (Å²) in [5, 5.41) is 12.2. The number of H-pyrrole nitrogens is 1. The zero-order valence-electron chi connectivity index (χ0n) is 18.5. The lowest BCUT2D eigenvalue weighted by Crippen LogP contribution is -2.41. The van der Waals surface area contributed by atoms with Gasteiger partial charge in [-0.15, -0.1) is 0 Å². The van der Waals surface area contributed by atoms with Crippen LogP contribution in [-0.2, 0) is 0 Å². The van der Waals surface area contributed by atoms with Crippen molar-refractivity contribution in [3.8, 4) is 0 Å². The minimum atomic E-state index is -0.311. The highest BCUT2D eigenvalue weighted by Gasteiger charge is 2.44. The van der Waals surface area contributed by atoms with Gasteiger partial charge >= 0.3 is 0 Å². The van der Waals surface area contributed by atoms with E-state index in [0.717, 1.165) is 47.1 Å². The Bertz CT molecular complexity index is 1570. The van der Waals surface area contributed by atoms with E-state index in [1.54, 1.807) is 30.0 Å². The molecular weight excluding hydrogens is 435 g/mol. The van der Waals surface area contributed by atoms with Gasteiger partial charge in [0.05, 0.1) is 40.9 Å². The molecule has 11 heteroatoms. The fourth-order valence-electron chi connectivity index (χ4n) is 5.56. The van der Waals surface area contributed by atoms with Crippen molar-refractivity contribution in [1.82, 2.24) is 29.5 Å². The predicted octanol–water partition coefficient (Wildman–Crippen LogP) is 3.00. The second-order valence-corrected chi connectivity index (χ2v) is 9.15. The summed E-state index contributed by atoms with van der Waals surface area (Å²) in [5.74, 6) is 1.35. The van der Waals surface area contributed by atoms with Gasteiger partial charge in [-0.1, -0.05) is 0 Å². The summed E-state index contributed by atoms with van der Waals surface area (Å²) in [6.07, 6.45) is 7.24. The molecule has 0 unspecified atom stereocenters. The highest BCUT2D eigenvalue weighted by atomic mass is 19.1. The van der Waals surface area contributed by atoms with Gasteiger partial charge in [-0.05, 0) is 30.9 Å². The van der Waals surface area contributed by atoms with Crippen LogP contribution in [0.3, 0.4) is 0 Å². The molecule has 2 fully saturated rings. The van der Waals surface area contributed by atoms with Gasteiger partial charge in [0.25, 0.3) is 0 Å². The average molecular weight is 459 g/mol. The number of nitrogens with two attached hydrogens (primary N) is 1. The molecule has 1 aromatic carbocycles. The van der Waals surface area contributed by atoms with Crippen molar-refractivity contribution in [1.29, 1.82) is 0 Å². The maximum Gasteiger partial charge on any atom is 0.231 e. The highest BCUT2D eigenvalue weighted by molar-refractivity contribution is 6.15. The molecule has 1 saturated heterocycles. The lowest BCUT2D eigenvalue weighted by molar-refractivity contribution is 0.471. The van der Waals surface area contributed by atoms with Crippen LogP contribution in [0.5, 0.6) is 0 Å². The number of aromatic amines is 1. The van der Waals surface area contributed by atoms with Gasteiger partial charge < -0.3 is 26.3 Å². The van der Waals surface area contributed by atoms with E-state index in [-0.39, 0.29) is 11.9 Å². The van der Waals surface area contributed by atoms with Crippen molar-refractivity contribution in [2.45, 2.75) is 24.9 Å². The molecule has 1 aliphatic carbocycles. The summed E-state index contributed by atoms with van der Waals surface area (Å²) in [4.78, 5) is 19.8. The summed E-state index contributed by atoms with van der Waals surface area (Å²) in [6.45, 7) is 0.832. The van der Waals surface area contributed by atoms with Crippen LogP contribution < -0.4 is 21.3 Å². The number of hydrogen-bond acceptors (Lipinski definition) is 8. The van der Waals surface area contributed by atoms with Crippen LogP contribution in [0.2, 0.25) is 0 Å². The Morgan fingerprint density at radius 1 is 1.24 bits per heavy atom. The zero-order chi connectivity index (χ0) is 23.0. The van der Waals surface area contributed by atoms with Gasteiger partial charge in [-0.25, -0.2) is 13.9 Å². The topological polar surface area (TPSA) is 125 Å². The van der Waals surface area contributed by atoms with Crippen LogP contribution in [0.4, 0.5) is 27.5 Å². The summed E-state index contributed by atoms with van der Waals surface area (Å²) in [5.41, 5.74) is 9.90. The first-order chi connectivity index (χ1) is 16.6. The number of anilines is 4. The minimum Gasteiger partial charge on any atom is -0.386 e. The standard InChI is InChI=1S/C23H23FN10/c1-26-17-6-12(24)5-15-19-21(30-20(15)17)31-23(29-13-8-27-18-2-3-28-34(18)10-13)32-22(19)33-9-11-4-14(33)7-16(11)25/h2-3,5-6,8,10-11,14,16,26H,4,7,9,25H2,1H3,(H2,29,30,31,32)/t11-,14-,16-/m1/s1. The van der Waals surface area contributed by atoms with Gasteiger partial charge in [0, 0.05) is 37.1 Å². The van der Waals surface area contributed by atoms with Crippen LogP contribution in [-0.4, -0.2) is 55.2 Å². The number of halogens is 1. The normalized spacial score (nSPS) is 21.9. The summed E-state index contributed by atoms with van der Waals surface area (Å²) in [7, 11) is 1.78. The Labute approximate surface area is 193 Å². The summed E-state index contributed by atoms with van der Waals surface area (Å²) in [6, 6.07) is 5.39.